The molecule has 0 aliphatic rings. The van der Waals surface area contributed by atoms with Gasteiger partial charge in [-0.2, -0.15) is 0 Å². The Morgan fingerprint density at radius 3 is 3.00 bits per heavy atom. The first kappa shape index (κ1) is 12.1. The molecule has 6 nitrogen and oxygen atoms in total. The Morgan fingerprint density at radius 1 is 1.50 bits per heavy atom. The first-order valence-corrected chi connectivity index (χ1v) is 5.72. The minimum atomic E-state index is -0.185. The lowest BCUT2D eigenvalue weighted by atomic mass is 10.2. The van der Waals surface area contributed by atoms with E-state index in [2.05, 4.69) is 20.3 Å². The Bertz CT molecular complexity index is 535. The number of carbonyl (C=O) groups excluding carboxylic acids is 1. The van der Waals surface area contributed by atoms with Crippen LogP contribution in [-0.2, 0) is 13.0 Å². The van der Waals surface area contributed by atoms with Crippen LogP contribution >= 0.6 is 0 Å². The Kier molecular flexibility index (Phi) is 3.57. The second-order valence-electron chi connectivity index (χ2n) is 3.84. The molecule has 6 heteroatoms. The molecule has 0 unspecified atom stereocenters. The van der Waals surface area contributed by atoms with Crippen LogP contribution < -0.4 is 11.1 Å². The second kappa shape index (κ2) is 5.31. The molecule has 0 fully saturated rings. The fourth-order valence-corrected chi connectivity index (χ4v) is 1.58. The molecule has 0 bridgehead atoms. The van der Waals surface area contributed by atoms with E-state index in [1.807, 2.05) is 6.92 Å². The average Bonchev–Trinajstić information content (AvgIpc) is 2.88. The summed E-state index contributed by atoms with van der Waals surface area (Å²) in [6.07, 6.45) is 4.09. The fraction of sp³-hybridized carbons (Fsp3) is 0.250. The maximum atomic E-state index is 11.9. The number of aromatic nitrogens is 3. The third-order valence-corrected chi connectivity index (χ3v) is 2.49. The van der Waals surface area contributed by atoms with Crippen molar-refractivity contribution in [2.24, 2.45) is 0 Å². The van der Waals surface area contributed by atoms with E-state index in [4.69, 9.17) is 5.73 Å². The van der Waals surface area contributed by atoms with Crippen molar-refractivity contribution in [1.29, 1.82) is 0 Å². The van der Waals surface area contributed by atoms with Gasteiger partial charge in [0, 0.05) is 23.7 Å². The Hall–Kier alpha value is -2.37. The van der Waals surface area contributed by atoms with E-state index >= 15 is 0 Å². The summed E-state index contributed by atoms with van der Waals surface area (Å²) in [7, 11) is 0. The van der Waals surface area contributed by atoms with Crippen LogP contribution in [0.25, 0.3) is 0 Å². The highest BCUT2D eigenvalue weighted by molar-refractivity contribution is 5.94. The zero-order valence-corrected chi connectivity index (χ0v) is 10.1. The van der Waals surface area contributed by atoms with Gasteiger partial charge < -0.3 is 16.0 Å². The molecule has 2 rings (SSSR count). The molecule has 2 aromatic heterocycles. The molecule has 18 heavy (non-hydrogen) atoms. The van der Waals surface area contributed by atoms with Gasteiger partial charge in [0.1, 0.15) is 11.6 Å². The van der Waals surface area contributed by atoms with E-state index in [1.165, 1.54) is 0 Å². The Balaban J connectivity index is 2.06. The number of amides is 1. The third kappa shape index (κ3) is 2.85. The van der Waals surface area contributed by atoms with E-state index in [0.29, 0.717) is 23.8 Å². The van der Waals surface area contributed by atoms with Gasteiger partial charge in [0.05, 0.1) is 6.54 Å². The minimum Gasteiger partial charge on any atom is -0.384 e. The zero-order valence-electron chi connectivity index (χ0n) is 10.1. The minimum absolute atomic E-state index is 0.185. The highest BCUT2D eigenvalue weighted by atomic mass is 16.1. The van der Waals surface area contributed by atoms with Gasteiger partial charge in [-0.05, 0) is 18.6 Å². The summed E-state index contributed by atoms with van der Waals surface area (Å²) in [6, 6.07) is 3.31. The lowest BCUT2D eigenvalue weighted by Crippen LogP contribution is -2.23. The molecule has 0 aliphatic heterocycles. The summed E-state index contributed by atoms with van der Waals surface area (Å²) in [5, 5.41) is 2.76. The smallest absolute Gasteiger partial charge is 0.251 e. The highest BCUT2D eigenvalue weighted by Gasteiger charge is 2.08. The van der Waals surface area contributed by atoms with Gasteiger partial charge in [-0.15, -0.1) is 0 Å². The summed E-state index contributed by atoms with van der Waals surface area (Å²) in [5.74, 6) is 0.883. The molecule has 0 saturated heterocycles. The summed E-state index contributed by atoms with van der Waals surface area (Å²) in [4.78, 5) is 23.0. The number of H-pyrrole nitrogens is 1. The van der Waals surface area contributed by atoms with Crippen molar-refractivity contribution < 1.29 is 4.79 Å². The average molecular weight is 245 g/mol. The van der Waals surface area contributed by atoms with Crippen LogP contribution in [0.3, 0.4) is 0 Å². The van der Waals surface area contributed by atoms with Crippen molar-refractivity contribution >= 4 is 11.7 Å². The normalized spacial score (nSPS) is 10.3. The van der Waals surface area contributed by atoms with Gasteiger partial charge >= 0.3 is 0 Å². The quantitative estimate of drug-likeness (QED) is 0.744. The Labute approximate surface area is 105 Å². The van der Waals surface area contributed by atoms with E-state index in [1.54, 1.807) is 24.5 Å². The topological polar surface area (TPSA) is 96.7 Å². The number of pyridine rings is 1. The molecular formula is C12H15N5O. The number of aromatic amines is 1. The number of rotatable bonds is 4. The largest absolute Gasteiger partial charge is 0.384 e. The number of nitrogens with two attached hydrogens (primary N) is 1. The SMILES string of the molecule is CCc1cc(C(=O)NCc2ncc[nH]2)cc(N)n1. The van der Waals surface area contributed by atoms with Crippen LogP contribution in [-0.4, -0.2) is 20.9 Å². The molecule has 1 amide bonds. The van der Waals surface area contributed by atoms with Crippen LogP contribution in [0.5, 0.6) is 0 Å². The van der Waals surface area contributed by atoms with Crippen molar-refractivity contribution in [2.75, 3.05) is 5.73 Å². The van der Waals surface area contributed by atoms with Crippen LogP contribution in [0, 0.1) is 0 Å². The predicted molar refractivity (Wildman–Crippen MR) is 67.8 cm³/mol. The van der Waals surface area contributed by atoms with Crippen molar-refractivity contribution in [3.05, 3.63) is 41.6 Å². The zero-order chi connectivity index (χ0) is 13.0. The molecule has 0 aromatic carbocycles. The summed E-state index contributed by atoms with van der Waals surface area (Å²) in [6.45, 7) is 2.32. The van der Waals surface area contributed by atoms with Crippen LogP contribution in [0.2, 0.25) is 0 Å². The van der Waals surface area contributed by atoms with Crippen molar-refractivity contribution in [3.63, 3.8) is 0 Å². The molecule has 94 valence electrons. The molecule has 4 N–H and O–H groups in total. The van der Waals surface area contributed by atoms with Gasteiger partial charge in [-0.1, -0.05) is 6.92 Å². The molecule has 2 heterocycles. The van der Waals surface area contributed by atoms with Gasteiger partial charge in [0.25, 0.3) is 5.91 Å². The van der Waals surface area contributed by atoms with Gasteiger partial charge in [0.15, 0.2) is 0 Å². The summed E-state index contributed by atoms with van der Waals surface area (Å²) < 4.78 is 0. The lowest BCUT2D eigenvalue weighted by Gasteiger charge is -2.06. The number of aryl methyl sites for hydroxylation is 1. The van der Waals surface area contributed by atoms with E-state index in [0.717, 1.165) is 12.1 Å². The maximum Gasteiger partial charge on any atom is 0.251 e. The fourth-order valence-electron chi connectivity index (χ4n) is 1.58. The molecule has 0 aliphatic carbocycles. The number of nitrogens with one attached hydrogen (secondary N) is 2. The van der Waals surface area contributed by atoms with E-state index in [-0.39, 0.29) is 5.91 Å². The van der Waals surface area contributed by atoms with E-state index in [9.17, 15) is 4.79 Å². The van der Waals surface area contributed by atoms with Gasteiger partial charge in [0.2, 0.25) is 0 Å². The lowest BCUT2D eigenvalue weighted by molar-refractivity contribution is 0.0950. The van der Waals surface area contributed by atoms with Gasteiger partial charge in [-0.3, -0.25) is 4.79 Å². The summed E-state index contributed by atoms with van der Waals surface area (Å²) >= 11 is 0. The second-order valence-corrected chi connectivity index (χ2v) is 3.84. The van der Waals surface area contributed by atoms with Crippen LogP contribution in [0.1, 0.15) is 28.8 Å². The molecular weight excluding hydrogens is 230 g/mol. The number of anilines is 1. The molecule has 0 atom stereocenters. The molecule has 0 spiro atoms. The number of hydrogen-bond acceptors (Lipinski definition) is 4. The van der Waals surface area contributed by atoms with E-state index < -0.39 is 0 Å². The predicted octanol–water partition coefficient (Wildman–Crippen LogP) is 0.879. The van der Waals surface area contributed by atoms with Gasteiger partial charge in [-0.25, -0.2) is 9.97 Å². The molecule has 0 radical (unpaired) electrons. The van der Waals surface area contributed by atoms with Crippen LogP contribution in [0.15, 0.2) is 24.5 Å². The first-order valence-electron chi connectivity index (χ1n) is 5.72. The number of nitrogens with zero attached hydrogens (tertiary/aromatic N) is 2. The highest BCUT2D eigenvalue weighted by Crippen LogP contribution is 2.08. The summed E-state index contributed by atoms with van der Waals surface area (Å²) in [5.41, 5.74) is 6.98. The van der Waals surface area contributed by atoms with Crippen molar-refractivity contribution in [2.45, 2.75) is 19.9 Å². The standard InChI is InChI=1S/C12H15N5O/c1-2-9-5-8(6-10(13)17-9)12(18)16-7-11-14-3-4-15-11/h3-6H,2,7H2,1H3,(H2,13,17)(H,14,15)(H,16,18). The monoisotopic (exact) mass is 245 g/mol. The van der Waals surface area contributed by atoms with Crippen molar-refractivity contribution in [1.82, 2.24) is 20.3 Å². The van der Waals surface area contributed by atoms with Crippen LogP contribution in [0.4, 0.5) is 5.82 Å². The molecule has 0 saturated carbocycles. The number of hydrogen-bond donors (Lipinski definition) is 3. The maximum absolute atomic E-state index is 11.9. The number of imidazole rings is 1. The first-order chi connectivity index (χ1) is 8.69. The number of nitrogen functional groups attached to an aromatic ring is 1. The molecule has 2 aromatic rings. The number of carbonyl (C=O) groups is 1. The third-order valence-electron chi connectivity index (χ3n) is 2.49. The Morgan fingerprint density at radius 2 is 2.33 bits per heavy atom. The van der Waals surface area contributed by atoms with Crippen molar-refractivity contribution in [3.8, 4) is 0 Å².